The van der Waals surface area contributed by atoms with Crippen LogP contribution in [0.3, 0.4) is 0 Å². The number of methoxy groups -OCH3 is 1. The van der Waals surface area contributed by atoms with Gasteiger partial charge < -0.3 is 25.2 Å². The first-order valence-electron chi connectivity index (χ1n) is 11.6. The van der Waals surface area contributed by atoms with Crippen LogP contribution in [0.25, 0.3) is 11.1 Å². The molecule has 0 aromatic heterocycles. The SMILES string of the molecule is COC(=O)CC[C@@H](NC(=O)C(NC(=O)OCC1c2ccccc2-c2ccccc21)C1CC1)C(=O)O. The van der Waals surface area contributed by atoms with Crippen LogP contribution in [0.4, 0.5) is 4.79 Å². The summed E-state index contributed by atoms with van der Waals surface area (Å²) in [7, 11) is 1.21. The summed E-state index contributed by atoms with van der Waals surface area (Å²) in [5, 5.41) is 14.5. The molecule has 2 atom stereocenters. The van der Waals surface area contributed by atoms with Gasteiger partial charge in [-0.15, -0.1) is 0 Å². The average molecular weight is 481 g/mol. The molecule has 9 heteroatoms. The fraction of sp³-hybridized carbons (Fsp3) is 0.385. The van der Waals surface area contributed by atoms with Gasteiger partial charge in [-0.2, -0.15) is 0 Å². The third-order valence-electron chi connectivity index (χ3n) is 6.47. The van der Waals surface area contributed by atoms with Crippen molar-refractivity contribution in [3.63, 3.8) is 0 Å². The summed E-state index contributed by atoms with van der Waals surface area (Å²) in [5.41, 5.74) is 4.37. The number of ether oxygens (including phenoxy) is 2. The van der Waals surface area contributed by atoms with Gasteiger partial charge in [-0.25, -0.2) is 9.59 Å². The predicted molar refractivity (Wildman–Crippen MR) is 126 cm³/mol. The van der Waals surface area contributed by atoms with Crippen molar-refractivity contribution in [2.75, 3.05) is 13.7 Å². The minimum absolute atomic E-state index is 0.0921. The summed E-state index contributed by atoms with van der Waals surface area (Å²) >= 11 is 0. The van der Waals surface area contributed by atoms with Crippen molar-refractivity contribution in [2.24, 2.45) is 5.92 Å². The molecule has 0 heterocycles. The first-order chi connectivity index (χ1) is 16.9. The maximum absolute atomic E-state index is 12.8. The van der Waals surface area contributed by atoms with Crippen LogP contribution < -0.4 is 10.6 Å². The van der Waals surface area contributed by atoms with Gasteiger partial charge in [-0.3, -0.25) is 9.59 Å². The van der Waals surface area contributed by atoms with Crippen LogP contribution in [0.15, 0.2) is 48.5 Å². The summed E-state index contributed by atoms with van der Waals surface area (Å²) < 4.78 is 10.1. The highest BCUT2D eigenvalue weighted by Gasteiger charge is 2.39. The number of carboxylic acid groups (broad SMARTS) is 1. The number of carbonyl (C=O) groups is 4. The normalized spacial score (nSPS) is 15.8. The minimum Gasteiger partial charge on any atom is -0.480 e. The van der Waals surface area contributed by atoms with Crippen molar-refractivity contribution in [1.82, 2.24) is 10.6 Å². The summed E-state index contributed by atoms with van der Waals surface area (Å²) in [6, 6.07) is 13.8. The molecule has 0 saturated heterocycles. The van der Waals surface area contributed by atoms with Gasteiger partial charge in [0.15, 0.2) is 0 Å². The van der Waals surface area contributed by atoms with Crippen LogP contribution in [0.1, 0.15) is 42.7 Å². The molecule has 2 amide bonds. The van der Waals surface area contributed by atoms with Gasteiger partial charge in [0, 0.05) is 12.3 Å². The maximum Gasteiger partial charge on any atom is 0.407 e. The smallest absolute Gasteiger partial charge is 0.407 e. The van der Waals surface area contributed by atoms with E-state index in [1.807, 2.05) is 48.5 Å². The van der Waals surface area contributed by atoms with E-state index in [2.05, 4.69) is 15.4 Å². The van der Waals surface area contributed by atoms with Crippen LogP contribution in [-0.4, -0.2) is 54.8 Å². The Labute approximate surface area is 202 Å². The molecule has 0 bridgehead atoms. The van der Waals surface area contributed by atoms with Gasteiger partial charge >= 0.3 is 18.0 Å². The lowest BCUT2D eigenvalue weighted by atomic mass is 9.98. The van der Waals surface area contributed by atoms with Gasteiger partial charge in [-0.05, 0) is 47.4 Å². The van der Waals surface area contributed by atoms with Gasteiger partial charge in [-0.1, -0.05) is 48.5 Å². The molecule has 2 aromatic rings. The van der Waals surface area contributed by atoms with E-state index in [1.54, 1.807) is 0 Å². The zero-order valence-electron chi connectivity index (χ0n) is 19.4. The topological polar surface area (TPSA) is 131 Å². The lowest BCUT2D eigenvalue weighted by molar-refractivity contribution is -0.144. The number of carboxylic acids is 1. The van der Waals surface area contributed by atoms with Crippen LogP contribution in [-0.2, 0) is 23.9 Å². The highest BCUT2D eigenvalue weighted by atomic mass is 16.5. The molecule has 2 aliphatic rings. The monoisotopic (exact) mass is 480 g/mol. The van der Waals surface area contributed by atoms with Crippen molar-refractivity contribution in [2.45, 2.75) is 43.7 Å². The lowest BCUT2D eigenvalue weighted by Crippen LogP contribution is -2.52. The van der Waals surface area contributed by atoms with Crippen molar-refractivity contribution < 1.29 is 33.8 Å². The molecule has 1 fully saturated rings. The molecule has 0 aliphatic heterocycles. The van der Waals surface area contributed by atoms with E-state index in [0.29, 0.717) is 0 Å². The zero-order valence-corrected chi connectivity index (χ0v) is 19.4. The number of fused-ring (bicyclic) bond motifs is 3. The molecule has 0 spiro atoms. The molecule has 0 radical (unpaired) electrons. The van der Waals surface area contributed by atoms with Gasteiger partial charge in [0.1, 0.15) is 18.7 Å². The highest BCUT2D eigenvalue weighted by Crippen LogP contribution is 2.44. The Bertz CT molecular complexity index is 1080. The number of amides is 2. The van der Waals surface area contributed by atoms with E-state index in [-0.39, 0.29) is 31.3 Å². The van der Waals surface area contributed by atoms with Crippen molar-refractivity contribution >= 4 is 23.9 Å². The highest BCUT2D eigenvalue weighted by molar-refractivity contribution is 5.90. The third kappa shape index (κ3) is 5.62. The molecule has 1 saturated carbocycles. The molecular formula is C26H28N2O7. The van der Waals surface area contributed by atoms with E-state index in [4.69, 9.17) is 4.74 Å². The molecular weight excluding hydrogens is 452 g/mol. The molecule has 35 heavy (non-hydrogen) atoms. The molecule has 1 unspecified atom stereocenters. The number of hydrogen-bond acceptors (Lipinski definition) is 6. The Morgan fingerprint density at radius 3 is 2.11 bits per heavy atom. The van der Waals surface area contributed by atoms with E-state index < -0.39 is 36.0 Å². The number of esters is 1. The molecule has 9 nitrogen and oxygen atoms in total. The maximum atomic E-state index is 12.8. The first-order valence-corrected chi connectivity index (χ1v) is 11.6. The Kier molecular flexibility index (Phi) is 7.33. The molecule has 4 rings (SSSR count). The molecule has 2 aromatic carbocycles. The molecule has 184 valence electrons. The fourth-order valence-electron chi connectivity index (χ4n) is 4.48. The predicted octanol–water partition coefficient (Wildman–Crippen LogP) is 2.83. The zero-order chi connectivity index (χ0) is 24.9. The fourth-order valence-corrected chi connectivity index (χ4v) is 4.48. The summed E-state index contributed by atoms with van der Waals surface area (Å²) in [6.45, 7) is 0.107. The van der Waals surface area contributed by atoms with Crippen LogP contribution >= 0.6 is 0 Å². The summed E-state index contributed by atoms with van der Waals surface area (Å²) in [5.74, 6) is -2.65. The van der Waals surface area contributed by atoms with Crippen molar-refractivity contribution in [3.8, 4) is 11.1 Å². The van der Waals surface area contributed by atoms with E-state index >= 15 is 0 Å². The van der Waals surface area contributed by atoms with Gasteiger partial charge in [0.25, 0.3) is 0 Å². The number of alkyl carbamates (subject to hydrolysis) is 1. The Morgan fingerprint density at radius 1 is 0.971 bits per heavy atom. The van der Waals surface area contributed by atoms with E-state index in [0.717, 1.165) is 35.1 Å². The quantitative estimate of drug-likeness (QED) is 0.446. The van der Waals surface area contributed by atoms with Gasteiger partial charge in [0.05, 0.1) is 7.11 Å². The number of carbonyl (C=O) groups excluding carboxylic acids is 3. The first kappa shape index (κ1) is 24.3. The number of rotatable bonds is 10. The lowest BCUT2D eigenvalue weighted by Gasteiger charge is -2.21. The molecule has 3 N–H and O–H groups in total. The number of aliphatic carboxylic acids is 1. The van der Waals surface area contributed by atoms with Crippen molar-refractivity contribution in [1.29, 1.82) is 0 Å². The summed E-state index contributed by atoms with van der Waals surface area (Å²) in [6.07, 6.45) is 0.474. The minimum atomic E-state index is -1.27. The third-order valence-corrected chi connectivity index (χ3v) is 6.47. The van der Waals surface area contributed by atoms with Crippen LogP contribution in [0.2, 0.25) is 0 Å². The largest absolute Gasteiger partial charge is 0.480 e. The average Bonchev–Trinajstić information content (AvgIpc) is 3.65. The number of nitrogens with one attached hydrogen (secondary N) is 2. The number of benzene rings is 2. The Balaban J connectivity index is 1.37. The van der Waals surface area contributed by atoms with Crippen molar-refractivity contribution in [3.05, 3.63) is 59.7 Å². The van der Waals surface area contributed by atoms with E-state index in [1.165, 1.54) is 7.11 Å². The Hall–Kier alpha value is -3.88. The van der Waals surface area contributed by atoms with Crippen LogP contribution in [0.5, 0.6) is 0 Å². The van der Waals surface area contributed by atoms with E-state index in [9.17, 15) is 24.3 Å². The molecule has 2 aliphatic carbocycles. The second-order valence-corrected chi connectivity index (χ2v) is 8.80. The van der Waals surface area contributed by atoms with Crippen LogP contribution in [0, 0.1) is 5.92 Å². The summed E-state index contributed by atoms with van der Waals surface area (Å²) in [4.78, 5) is 48.4. The second kappa shape index (κ2) is 10.6. The second-order valence-electron chi connectivity index (χ2n) is 8.80. The standard InChI is InChI=1S/C26H28N2O7/c1-34-22(29)13-12-21(25(31)32)27-24(30)23(15-10-11-15)28-26(33)35-14-20-18-8-4-2-6-16(18)17-7-3-5-9-19(17)20/h2-9,15,20-21,23H,10-14H2,1H3,(H,27,30)(H,28,33)(H,31,32)/t21-,23?/m1/s1. The Morgan fingerprint density at radius 2 is 1.57 bits per heavy atom. The van der Waals surface area contributed by atoms with Gasteiger partial charge in [0.2, 0.25) is 5.91 Å². The number of hydrogen-bond donors (Lipinski definition) is 3.